The summed E-state index contributed by atoms with van der Waals surface area (Å²) in [7, 11) is 1.70. The van der Waals surface area contributed by atoms with Crippen LogP contribution in [-0.2, 0) is 6.54 Å². The number of methoxy groups -OCH3 is 1. The molecule has 5 heteroatoms. The third kappa shape index (κ3) is 5.05. The van der Waals surface area contributed by atoms with Crippen molar-refractivity contribution < 1.29 is 4.74 Å². The molecule has 5 nitrogen and oxygen atoms in total. The van der Waals surface area contributed by atoms with Crippen molar-refractivity contribution in [2.24, 2.45) is 0 Å². The molecule has 0 unspecified atom stereocenters. The number of rotatable bonds is 7. The van der Waals surface area contributed by atoms with E-state index in [4.69, 9.17) is 14.7 Å². The van der Waals surface area contributed by atoms with Crippen LogP contribution in [0.25, 0.3) is 11.3 Å². The van der Waals surface area contributed by atoms with Crippen LogP contribution in [0.3, 0.4) is 0 Å². The maximum absolute atomic E-state index is 5.47. The molecule has 150 valence electrons. The summed E-state index contributed by atoms with van der Waals surface area (Å²) in [6, 6.07) is 20.8. The highest BCUT2D eigenvalue weighted by Gasteiger charge is 2.15. The van der Waals surface area contributed by atoms with Gasteiger partial charge in [0, 0.05) is 29.8 Å². The fourth-order valence-corrected chi connectivity index (χ4v) is 3.82. The van der Waals surface area contributed by atoms with E-state index in [1.807, 2.05) is 42.5 Å². The van der Waals surface area contributed by atoms with Gasteiger partial charge in [-0.25, -0.2) is 4.98 Å². The topological polar surface area (TPSA) is 59.1 Å². The fraction of sp³-hybridized carbons (Fsp3) is 0.333. The highest BCUT2D eigenvalue weighted by atomic mass is 16.5. The zero-order valence-corrected chi connectivity index (χ0v) is 16.9. The van der Waals surface area contributed by atoms with Gasteiger partial charge in [-0.2, -0.15) is 4.98 Å². The first-order valence-corrected chi connectivity index (χ1v) is 10.4. The molecule has 1 heterocycles. The summed E-state index contributed by atoms with van der Waals surface area (Å²) in [6.45, 7) is 0.637. The van der Waals surface area contributed by atoms with Crippen molar-refractivity contribution in [2.45, 2.75) is 44.7 Å². The van der Waals surface area contributed by atoms with E-state index < -0.39 is 0 Å². The quantitative estimate of drug-likeness (QED) is 0.559. The lowest BCUT2D eigenvalue weighted by atomic mass is 9.96. The maximum atomic E-state index is 5.47. The van der Waals surface area contributed by atoms with Gasteiger partial charge in [0.2, 0.25) is 5.95 Å². The molecule has 4 rings (SSSR count). The Labute approximate surface area is 172 Å². The van der Waals surface area contributed by atoms with Crippen molar-refractivity contribution in [3.05, 3.63) is 66.2 Å². The van der Waals surface area contributed by atoms with E-state index in [2.05, 4.69) is 28.8 Å². The summed E-state index contributed by atoms with van der Waals surface area (Å²) in [6.07, 6.45) is 6.24. The molecule has 1 fully saturated rings. The number of nitrogens with one attached hydrogen (secondary N) is 2. The maximum Gasteiger partial charge on any atom is 0.225 e. The molecule has 1 saturated carbocycles. The third-order valence-electron chi connectivity index (χ3n) is 5.39. The van der Waals surface area contributed by atoms with Crippen LogP contribution >= 0.6 is 0 Å². The molecule has 0 saturated heterocycles. The van der Waals surface area contributed by atoms with Gasteiger partial charge in [0.05, 0.1) is 12.8 Å². The molecule has 29 heavy (non-hydrogen) atoms. The Bertz CT molecular complexity index is 923. The summed E-state index contributed by atoms with van der Waals surface area (Å²) < 4.78 is 5.47. The minimum absolute atomic E-state index is 0.455. The van der Waals surface area contributed by atoms with Gasteiger partial charge in [-0.05, 0) is 18.9 Å². The van der Waals surface area contributed by atoms with E-state index in [0.29, 0.717) is 18.5 Å². The fourth-order valence-electron chi connectivity index (χ4n) is 3.82. The Balaban J connectivity index is 1.58. The van der Waals surface area contributed by atoms with Crippen LogP contribution in [0.5, 0.6) is 5.75 Å². The number of aromatic nitrogens is 2. The van der Waals surface area contributed by atoms with Gasteiger partial charge in [-0.15, -0.1) is 0 Å². The number of benzene rings is 2. The molecule has 3 aromatic rings. The predicted octanol–water partition coefficient (Wildman–Crippen LogP) is 5.51. The molecular formula is C24H28N4O. The lowest BCUT2D eigenvalue weighted by Gasteiger charge is -2.23. The van der Waals surface area contributed by atoms with Crippen LogP contribution < -0.4 is 15.4 Å². The predicted molar refractivity (Wildman–Crippen MR) is 118 cm³/mol. The Hall–Kier alpha value is -3.08. The number of para-hydroxylation sites is 1. The second kappa shape index (κ2) is 9.41. The van der Waals surface area contributed by atoms with Crippen molar-refractivity contribution in [2.75, 3.05) is 17.7 Å². The average Bonchev–Trinajstić information content (AvgIpc) is 2.79. The van der Waals surface area contributed by atoms with Crippen LogP contribution in [-0.4, -0.2) is 23.1 Å². The number of ether oxygens (including phenoxy) is 1. The smallest absolute Gasteiger partial charge is 0.225 e. The molecule has 0 spiro atoms. The molecule has 0 amide bonds. The first-order valence-electron chi connectivity index (χ1n) is 10.4. The largest absolute Gasteiger partial charge is 0.496 e. The van der Waals surface area contributed by atoms with Gasteiger partial charge in [0.1, 0.15) is 11.6 Å². The van der Waals surface area contributed by atoms with Crippen LogP contribution in [0, 0.1) is 0 Å². The van der Waals surface area contributed by atoms with E-state index in [1.54, 1.807) is 7.11 Å². The highest BCUT2D eigenvalue weighted by molar-refractivity contribution is 5.64. The highest BCUT2D eigenvalue weighted by Crippen LogP contribution is 2.25. The van der Waals surface area contributed by atoms with Crippen LogP contribution in [0.4, 0.5) is 11.8 Å². The molecule has 0 radical (unpaired) electrons. The molecule has 1 aromatic heterocycles. The molecule has 0 bridgehead atoms. The van der Waals surface area contributed by atoms with Crippen molar-refractivity contribution in [1.29, 1.82) is 0 Å². The van der Waals surface area contributed by atoms with Gasteiger partial charge in [-0.3, -0.25) is 0 Å². The Morgan fingerprint density at radius 1 is 0.931 bits per heavy atom. The van der Waals surface area contributed by atoms with Crippen LogP contribution in [0.2, 0.25) is 0 Å². The number of nitrogens with zero attached hydrogens (tertiary/aromatic N) is 2. The second-order valence-electron chi connectivity index (χ2n) is 7.47. The molecule has 2 N–H and O–H groups in total. The third-order valence-corrected chi connectivity index (χ3v) is 5.39. The lowest BCUT2D eigenvalue weighted by molar-refractivity contribution is 0.410. The van der Waals surface area contributed by atoms with Crippen LogP contribution in [0.15, 0.2) is 60.7 Å². The van der Waals surface area contributed by atoms with E-state index in [-0.39, 0.29) is 0 Å². The first-order chi connectivity index (χ1) is 14.3. The van der Waals surface area contributed by atoms with Crippen molar-refractivity contribution >= 4 is 11.8 Å². The SMILES string of the molecule is COc1ccccc1CNc1cc(-c2ccccc2)nc(NC2CCCCC2)n1. The number of hydrogen-bond donors (Lipinski definition) is 2. The Morgan fingerprint density at radius 2 is 1.69 bits per heavy atom. The second-order valence-corrected chi connectivity index (χ2v) is 7.47. The number of hydrogen-bond acceptors (Lipinski definition) is 5. The van der Waals surface area contributed by atoms with Crippen molar-refractivity contribution in [3.8, 4) is 17.0 Å². The van der Waals surface area contributed by atoms with Crippen LogP contribution in [0.1, 0.15) is 37.7 Å². The molecular weight excluding hydrogens is 360 g/mol. The summed E-state index contributed by atoms with van der Waals surface area (Å²) in [4.78, 5) is 9.55. The van der Waals surface area contributed by atoms with Gasteiger partial charge in [-0.1, -0.05) is 67.8 Å². The van der Waals surface area contributed by atoms with Gasteiger partial charge in [0.25, 0.3) is 0 Å². The minimum Gasteiger partial charge on any atom is -0.496 e. The van der Waals surface area contributed by atoms with Gasteiger partial charge < -0.3 is 15.4 Å². The summed E-state index contributed by atoms with van der Waals surface area (Å²) in [5.74, 6) is 2.38. The van der Waals surface area contributed by atoms with Crippen molar-refractivity contribution in [3.63, 3.8) is 0 Å². The van der Waals surface area contributed by atoms with Gasteiger partial charge >= 0.3 is 0 Å². The standard InChI is InChI=1S/C24H28N4O/c1-29-22-15-9-8-12-19(22)17-25-23-16-21(18-10-4-2-5-11-18)27-24(28-23)26-20-13-6-3-7-14-20/h2,4-5,8-12,15-16,20H,3,6-7,13-14,17H2,1H3,(H2,25,26,27,28). The molecule has 1 aliphatic carbocycles. The monoisotopic (exact) mass is 388 g/mol. The number of anilines is 2. The normalized spacial score (nSPS) is 14.4. The zero-order chi connectivity index (χ0) is 19.9. The van der Waals surface area contributed by atoms with E-state index in [9.17, 15) is 0 Å². The average molecular weight is 389 g/mol. The Morgan fingerprint density at radius 3 is 2.48 bits per heavy atom. The molecule has 1 aliphatic rings. The summed E-state index contributed by atoms with van der Waals surface area (Å²) >= 11 is 0. The molecule has 0 atom stereocenters. The van der Waals surface area contributed by atoms with E-state index in [1.165, 1.54) is 32.1 Å². The van der Waals surface area contributed by atoms with E-state index in [0.717, 1.165) is 28.4 Å². The molecule has 2 aromatic carbocycles. The summed E-state index contributed by atoms with van der Waals surface area (Å²) in [5.41, 5.74) is 3.10. The van der Waals surface area contributed by atoms with E-state index >= 15 is 0 Å². The van der Waals surface area contributed by atoms with Crippen molar-refractivity contribution in [1.82, 2.24) is 9.97 Å². The minimum atomic E-state index is 0.455. The zero-order valence-electron chi connectivity index (χ0n) is 16.9. The Kier molecular flexibility index (Phi) is 6.25. The summed E-state index contributed by atoms with van der Waals surface area (Å²) in [5, 5.41) is 7.02. The first kappa shape index (κ1) is 19.2. The van der Waals surface area contributed by atoms with Gasteiger partial charge in [0.15, 0.2) is 0 Å². The molecule has 0 aliphatic heterocycles. The lowest BCUT2D eigenvalue weighted by Crippen LogP contribution is -2.23.